The van der Waals surface area contributed by atoms with Gasteiger partial charge in [0, 0.05) is 5.69 Å². The highest BCUT2D eigenvalue weighted by atomic mass is 16.5. The largest absolute Gasteiger partial charge is 0.457 e. The van der Waals surface area contributed by atoms with Gasteiger partial charge >= 0.3 is 0 Å². The Bertz CT molecular complexity index is 477. The Balaban J connectivity index is 2.20. The first-order valence-corrected chi connectivity index (χ1v) is 5.91. The van der Waals surface area contributed by atoms with Crippen LogP contribution in [0.25, 0.3) is 0 Å². The van der Waals surface area contributed by atoms with Crippen molar-refractivity contribution < 1.29 is 4.74 Å². The maximum atomic E-state index is 5.86. The first-order chi connectivity index (χ1) is 8.29. The predicted molar refractivity (Wildman–Crippen MR) is 71.4 cm³/mol. The molecule has 0 heterocycles. The molecule has 2 N–H and O–H groups in total. The van der Waals surface area contributed by atoms with E-state index in [2.05, 4.69) is 13.0 Å². The average Bonchev–Trinajstić information content (AvgIpc) is 2.35. The Kier molecular flexibility index (Phi) is 3.66. The van der Waals surface area contributed by atoms with Crippen molar-refractivity contribution in [2.45, 2.75) is 19.8 Å². The van der Waals surface area contributed by atoms with E-state index in [1.54, 1.807) is 0 Å². The Hall–Kier alpha value is -1.96. The minimum atomic E-state index is 0.749. The number of nitrogens with two attached hydrogens (primary N) is 1. The molecule has 0 saturated heterocycles. The molecule has 2 aromatic rings. The van der Waals surface area contributed by atoms with E-state index in [9.17, 15) is 0 Å². The van der Waals surface area contributed by atoms with Gasteiger partial charge in [0.25, 0.3) is 0 Å². The van der Waals surface area contributed by atoms with Crippen molar-refractivity contribution in [2.75, 3.05) is 5.73 Å². The fourth-order valence-corrected chi connectivity index (χ4v) is 1.74. The van der Waals surface area contributed by atoms with Crippen molar-refractivity contribution in [1.82, 2.24) is 0 Å². The molecule has 17 heavy (non-hydrogen) atoms. The van der Waals surface area contributed by atoms with E-state index < -0.39 is 0 Å². The summed E-state index contributed by atoms with van der Waals surface area (Å²) in [5.74, 6) is 1.75. The van der Waals surface area contributed by atoms with Gasteiger partial charge in [-0.1, -0.05) is 31.5 Å². The summed E-state index contributed by atoms with van der Waals surface area (Å²) in [5.41, 5.74) is 7.63. The van der Waals surface area contributed by atoms with Crippen LogP contribution in [0.5, 0.6) is 11.5 Å². The van der Waals surface area contributed by atoms with Crippen molar-refractivity contribution in [1.29, 1.82) is 0 Å². The molecule has 0 atom stereocenters. The minimum Gasteiger partial charge on any atom is -0.457 e. The third-order valence-electron chi connectivity index (χ3n) is 2.60. The van der Waals surface area contributed by atoms with Gasteiger partial charge in [-0.15, -0.1) is 0 Å². The molecule has 0 fully saturated rings. The molecule has 0 unspecified atom stereocenters. The van der Waals surface area contributed by atoms with Crippen molar-refractivity contribution in [3.05, 3.63) is 54.1 Å². The zero-order chi connectivity index (χ0) is 12.1. The minimum absolute atomic E-state index is 0.749. The third kappa shape index (κ3) is 3.00. The van der Waals surface area contributed by atoms with Crippen LogP contribution < -0.4 is 10.5 Å². The van der Waals surface area contributed by atoms with Crippen LogP contribution in [0.1, 0.15) is 18.9 Å². The second-order valence-electron chi connectivity index (χ2n) is 4.03. The monoisotopic (exact) mass is 227 g/mol. The van der Waals surface area contributed by atoms with Crippen LogP contribution >= 0.6 is 0 Å². The van der Waals surface area contributed by atoms with Crippen molar-refractivity contribution in [2.24, 2.45) is 0 Å². The molecule has 0 aliphatic rings. The van der Waals surface area contributed by atoms with Crippen molar-refractivity contribution in [3.63, 3.8) is 0 Å². The summed E-state index contributed by atoms with van der Waals surface area (Å²) >= 11 is 0. The normalized spacial score (nSPS) is 10.2. The van der Waals surface area contributed by atoms with Gasteiger partial charge in [-0.2, -0.15) is 0 Å². The predicted octanol–water partition coefficient (Wildman–Crippen LogP) is 4.01. The van der Waals surface area contributed by atoms with Gasteiger partial charge in [-0.05, 0) is 42.3 Å². The van der Waals surface area contributed by atoms with Crippen LogP contribution in [0.3, 0.4) is 0 Å². The Morgan fingerprint density at radius 3 is 2.41 bits per heavy atom. The molecule has 0 aromatic heterocycles. The molecule has 0 spiro atoms. The fraction of sp³-hybridized carbons (Fsp3) is 0.200. The SMILES string of the molecule is CCCc1ccccc1Oc1ccc(N)cc1. The zero-order valence-electron chi connectivity index (χ0n) is 10.0. The molecule has 2 rings (SSSR count). The van der Waals surface area contributed by atoms with Gasteiger partial charge in [0.05, 0.1) is 0 Å². The highest BCUT2D eigenvalue weighted by Crippen LogP contribution is 2.26. The van der Waals surface area contributed by atoms with Crippen LogP contribution in [-0.2, 0) is 6.42 Å². The van der Waals surface area contributed by atoms with Gasteiger partial charge in [0.1, 0.15) is 11.5 Å². The number of hydrogen-bond acceptors (Lipinski definition) is 2. The quantitative estimate of drug-likeness (QED) is 0.801. The van der Waals surface area contributed by atoms with Crippen LogP contribution in [0.4, 0.5) is 5.69 Å². The van der Waals surface area contributed by atoms with Crippen LogP contribution in [0.15, 0.2) is 48.5 Å². The molecule has 2 heteroatoms. The Morgan fingerprint density at radius 1 is 1.00 bits per heavy atom. The summed E-state index contributed by atoms with van der Waals surface area (Å²) < 4.78 is 5.86. The van der Waals surface area contributed by atoms with Crippen LogP contribution in [-0.4, -0.2) is 0 Å². The van der Waals surface area contributed by atoms with Crippen LogP contribution in [0, 0.1) is 0 Å². The maximum absolute atomic E-state index is 5.86. The smallest absolute Gasteiger partial charge is 0.130 e. The average molecular weight is 227 g/mol. The molecule has 0 saturated carbocycles. The number of hydrogen-bond donors (Lipinski definition) is 1. The van der Waals surface area contributed by atoms with E-state index in [1.165, 1.54) is 5.56 Å². The van der Waals surface area contributed by atoms with E-state index in [1.807, 2.05) is 42.5 Å². The Morgan fingerprint density at radius 2 is 1.71 bits per heavy atom. The lowest BCUT2D eigenvalue weighted by atomic mass is 10.1. The fourth-order valence-electron chi connectivity index (χ4n) is 1.74. The van der Waals surface area contributed by atoms with Crippen molar-refractivity contribution in [3.8, 4) is 11.5 Å². The topological polar surface area (TPSA) is 35.2 Å². The highest BCUT2D eigenvalue weighted by Gasteiger charge is 2.03. The van der Waals surface area contributed by atoms with Gasteiger partial charge in [-0.3, -0.25) is 0 Å². The molecule has 0 amide bonds. The van der Waals surface area contributed by atoms with E-state index in [4.69, 9.17) is 10.5 Å². The summed E-state index contributed by atoms with van der Waals surface area (Å²) in [5, 5.41) is 0. The molecule has 2 nitrogen and oxygen atoms in total. The summed E-state index contributed by atoms with van der Waals surface area (Å²) in [6.45, 7) is 2.17. The van der Waals surface area contributed by atoms with E-state index in [0.717, 1.165) is 30.0 Å². The summed E-state index contributed by atoms with van der Waals surface area (Å²) in [4.78, 5) is 0. The standard InChI is InChI=1S/C15H17NO/c1-2-5-12-6-3-4-7-15(12)17-14-10-8-13(16)9-11-14/h3-4,6-11H,2,5,16H2,1H3. The number of para-hydroxylation sites is 1. The molecule has 0 bridgehead atoms. The zero-order valence-corrected chi connectivity index (χ0v) is 10.0. The first kappa shape index (κ1) is 11.5. The molecule has 88 valence electrons. The molecular formula is C15H17NO. The summed E-state index contributed by atoms with van der Waals surface area (Å²) in [6, 6.07) is 15.6. The maximum Gasteiger partial charge on any atom is 0.130 e. The van der Waals surface area contributed by atoms with Gasteiger partial charge in [0.15, 0.2) is 0 Å². The number of rotatable bonds is 4. The lowest BCUT2D eigenvalue weighted by Gasteiger charge is -2.10. The lowest BCUT2D eigenvalue weighted by Crippen LogP contribution is -1.91. The molecule has 0 aliphatic heterocycles. The molecular weight excluding hydrogens is 210 g/mol. The van der Waals surface area contributed by atoms with Gasteiger partial charge in [-0.25, -0.2) is 0 Å². The third-order valence-corrected chi connectivity index (χ3v) is 2.60. The number of anilines is 1. The number of ether oxygens (including phenoxy) is 1. The lowest BCUT2D eigenvalue weighted by molar-refractivity contribution is 0.476. The van der Waals surface area contributed by atoms with E-state index in [0.29, 0.717) is 0 Å². The van der Waals surface area contributed by atoms with Crippen LogP contribution in [0.2, 0.25) is 0 Å². The number of aryl methyl sites for hydroxylation is 1. The van der Waals surface area contributed by atoms with E-state index in [-0.39, 0.29) is 0 Å². The summed E-state index contributed by atoms with van der Waals surface area (Å²) in [7, 11) is 0. The Labute approximate surface area is 102 Å². The molecule has 0 aliphatic carbocycles. The first-order valence-electron chi connectivity index (χ1n) is 5.91. The number of nitrogen functional groups attached to an aromatic ring is 1. The highest BCUT2D eigenvalue weighted by molar-refractivity contribution is 5.44. The van der Waals surface area contributed by atoms with Crippen molar-refractivity contribution >= 4 is 5.69 Å². The second-order valence-corrected chi connectivity index (χ2v) is 4.03. The number of benzene rings is 2. The molecule has 2 aromatic carbocycles. The molecule has 0 radical (unpaired) electrons. The summed E-state index contributed by atoms with van der Waals surface area (Å²) in [6.07, 6.45) is 2.15. The second kappa shape index (κ2) is 5.39. The van der Waals surface area contributed by atoms with E-state index >= 15 is 0 Å². The van der Waals surface area contributed by atoms with Gasteiger partial charge < -0.3 is 10.5 Å². The van der Waals surface area contributed by atoms with Gasteiger partial charge in [0.2, 0.25) is 0 Å².